The number of phenols is 1. The van der Waals surface area contributed by atoms with Gasteiger partial charge in [0.25, 0.3) is 0 Å². The smallest absolute Gasteiger partial charge is 0.185 e. The molecule has 0 unspecified atom stereocenters. The van der Waals surface area contributed by atoms with Crippen LogP contribution in [-0.4, -0.2) is 35.4 Å². The van der Waals surface area contributed by atoms with Crippen molar-refractivity contribution in [2.45, 2.75) is 72.1 Å². The fraction of sp³-hybridized carbons (Fsp3) is 0.500. The maximum atomic E-state index is 12.2. The van der Waals surface area contributed by atoms with Gasteiger partial charge in [0.1, 0.15) is 23.2 Å². The van der Waals surface area contributed by atoms with Gasteiger partial charge in [0.2, 0.25) is 0 Å². The van der Waals surface area contributed by atoms with Crippen LogP contribution in [-0.2, 0) is 6.42 Å². The Morgan fingerprint density at radius 2 is 1.97 bits per heavy atom. The molecule has 0 atom stereocenters. The van der Waals surface area contributed by atoms with Crippen LogP contribution in [0, 0.1) is 13.8 Å². The quantitative estimate of drug-likeness (QED) is 0.317. The van der Waals surface area contributed by atoms with E-state index in [0.29, 0.717) is 22.8 Å². The van der Waals surface area contributed by atoms with E-state index in [9.17, 15) is 4.79 Å². The monoisotopic (exact) mass is 454 g/mol. The van der Waals surface area contributed by atoms with E-state index in [0.717, 1.165) is 55.7 Å². The molecule has 2 heterocycles. The summed E-state index contributed by atoms with van der Waals surface area (Å²) in [7, 11) is 1.58. The van der Waals surface area contributed by atoms with Crippen molar-refractivity contribution >= 4 is 11.7 Å². The second-order valence-electron chi connectivity index (χ2n) is 8.43. The Morgan fingerprint density at radius 3 is 2.61 bits per heavy atom. The maximum absolute atomic E-state index is 12.2. The number of aliphatic imine (C=N–C) groups is 2. The van der Waals surface area contributed by atoms with Crippen LogP contribution in [0.5, 0.6) is 11.5 Å². The number of aromatic hydroxyl groups is 1. The summed E-state index contributed by atoms with van der Waals surface area (Å²) in [5, 5.41) is 9.04. The van der Waals surface area contributed by atoms with Crippen LogP contribution in [0.1, 0.15) is 74.4 Å². The van der Waals surface area contributed by atoms with E-state index in [1.54, 1.807) is 32.2 Å². The highest BCUT2D eigenvalue weighted by atomic mass is 16.5. The van der Waals surface area contributed by atoms with Gasteiger partial charge in [-0.25, -0.2) is 4.99 Å². The predicted molar refractivity (Wildman–Crippen MR) is 136 cm³/mol. The number of ether oxygens (including phenoxy) is 1. The number of nitrogens with two attached hydrogens (primary N) is 1. The lowest BCUT2D eigenvalue weighted by Gasteiger charge is -2.11. The van der Waals surface area contributed by atoms with Crippen molar-refractivity contribution in [2.75, 3.05) is 13.7 Å². The van der Waals surface area contributed by atoms with Crippen LogP contribution < -0.4 is 15.9 Å². The Bertz CT molecular complexity index is 1000. The van der Waals surface area contributed by atoms with Crippen LogP contribution in [0.25, 0.3) is 0 Å². The van der Waals surface area contributed by atoms with Crippen molar-refractivity contribution in [3.63, 3.8) is 0 Å². The van der Waals surface area contributed by atoms with Crippen molar-refractivity contribution in [3.8, 4) is 11.5 Å². The van der Waals surface area contributed by atoms with Gasteiger partial charge in [-0.2, -0.15) is 0 Å². The minimum atomic E-state index is 0.0213. The summed E-state index contributed by atoms with van der Waals surface area (Å²) >= 11 is 0. The molecule has 0 saturated carbocycles. The van der Waals surface area contributed by atoms with Gasteiger partial charge in [-0.15, -0.1) is 0 Å². The first-order valence-electron chi connectivity index (χ1n) is 11.8. The van der Waals surface area contributed by atoms with Gasteiger partial charge in [-0.05, 0) is 57.2 Å². The summed E-state index contributed by atoms with van der Waals surface area (Å²) in [5.74, 6) is 2.10. The highest BCUT2D eigenvalue weighted by Crippen LogP contribution is 2.20. The summed E-state index contributed by atoms with van der Waals surface area (Å²) in [6.07, 6.45) is 8.64. The second kappa shape index (κ2) is 13.5. The van der Waals surface area contributed by atoms with E-state index in [2.05, 4.69) is 21.9 Å². The van der Waals surface area contributed by atoms with Crippen molar-refractivity contribution in [2.24, 2.45) is 15.7 Å². The Hall–Kier alpha value is -3.09. The molecule has 180 valence electrons. The van der Waals surface area contributed by atoms with Crippen molar-refractivity contribution in [3.05, 3.63) is 57.0 Å². The number of aromatic amines is 1. The van der Waals surface area contributed by atoms with Gasteiger partial charge < -0.3 is 20.6 Å². The number of nitrogens with zero attached hydrogens (tertiary/aromatic N) is 2. The van der Waals surface area contributed by atoms with Gasteiger partial charge in [-0.3, -0.25) is 9.79 Å². The molecule has 1 aliphatic heterocycles. The third kappa shape index (κ3) is 8.75. The third-order valence-electron chi connectivity index (χ3n) is 5.51. The summed E-state index contributed by atoms with van der Waals surface area (Å²) < 4.78 is 4.92. The molecule has 0 fully saturated rings. The molecule has 2 aromatic rings. The fourth-order valence-corrected chi connectivity index (χ4v) is 3.63. The molecule has 1 aromatic heterocycles. The molecule has 33 heavy (non-hydrogen) atoms. The molecular formula is C26H38N4O3. The minimum absolute atomic E-state index is 0.0213. The van der Waals surface area contributed by atoms with E-state index in [-0.39, 0.29) is 11.2 Å². The average molecular weight is 455 g/mol. The minimum Gasteiger partial charge on any atom is -0.508 e. The van der Waals surface area contributed by atoms with Crippen LogP contribution in [0.2, 0.25) is 0 Å². The number of nitrogens with one attached hydrogen (secondary N) is 1. The molecule has 7 heteroatoms. The molecule has 0 spiro atoms. The number of hydrogen-bond donors (Lipinski definition) is 3. The Morgan fingerprint density at radius 1 is 1.18 bits per heavy atom. The van der Waals surface area contributed by atoms with Crippen molar-refractivity contribution in [1.29, 1.82) is 0 Å². The van der Waals surface area contributed by atoms with E-state index in [1.165, 1.54) is 19.3 Å². The van der Waals surface area contributed by atoms with Crippen molar-refractivity contribution < 1.29 is 9.84 Å². The second-order valence-corrected chi connectivity index (χ2v) is 8.43. The Kier molecular flexibility index (Phi) is 10.7. The molecule has 7 nitrogen and oxygen atoms in total. The number of rotatable bonds is 7. The van der Waals surface area contributed by atoms with E-state index < -0.39 is 0 Å². The lowest BCUT2D eigenvalue weighted by Crippen LogP contribution is -2.24. The molecular weight excluding hydrogens is 416 g/mol. The number of phenolic OH excluding ortho intramolecular Hbond substituents is 1. The molecule has 0 saturated heterocycles. The first-order chi connectivity index (χ1) is 15.8. The Labute approximate surface area is 196 Å². The lowest BCUT2D eigenvalue weighted by molar-refractivity contribution is 0.407. The number of H-pyrrole nitrogens is 1. The molecule has 0 aliphatic carbocycles. The number of aryl methyl sites for hydroxylation is 2. The number of benzene rings is 1. The molecule has 0 radical (unpaired) electrons. The maximum Gasteiger partial charge on any atom is 0.185 e. The zero-order valence-electron chi connectivity index (χ0n) is 20.4. The number of amidine groups is 2. The van der Waals surface area contributed by atoms with Crippen LogP contribution in [0.3, 0.4) is 0 Å². The van der Waals surface area contributed by atoms with Gasteiger partial charge in [-0.1, -0.05) is 26.2 Å². The summed E-state index contributed by atoms with van der Waals surface area (Å²) in [5.41, 5.74) is 9.37. The van der Waals surface area contributed by atoms with E-state index >= 15 is 0 Å². The van der Waals surface area contributed by atoms with Gasteiger partial charge >= 0.3 is 0 Å². The molecule has 3 rings (SSSR count). The topological polar surface area (TPSA) is 113 Å². The first kappa shape index (κ1) is 26.2. The summed E-state index contributed by atoms with van der Waals surface area (Å²) in [6.45, 7) is 6.71. The van der Waals surface area contributed by atoms with Gasteiger partial charge in [0, 0.05) is 36.4 Å². The highest BCUT2D eigenvalue weighted by Gasteiger charge is 2.11. The summed E-state index contributed by atoms with van der Waals surface area (Å²) in [6, 6.07) is 6.81. The van der Waals surface area contributed by atoms with Crippen LogP contribution in [0.15, 0.2) is 39.0 Å². The molecule has 1 aromatic carbocycles. The zero-order chi connectivity index (χ0) is 24.2. The number of aromatic nitrogens is 1. The molecule has 0 amide bonds. The van der Waals surface area contributed by atoms with E-state index in [4.69, 9.17) is 15.6 Å². The van der Waals surface area contributed by atoms with Crippen molar-refractivity contribution in [1.82, 2.24) is 4.98 Å². The number of pyridine rings is 1. The number of methoxy groups -OCH3 is 1. The SMILES string of the molecule is CCCCCCc1cc(=O)c(C)c(C(N)=NC2=NCCCC2)[nH]1.COc1cc(C)cc(O)c1. The summed E-state index contributed by atoms with van der Waals surface area (Å²) in [4.78, 5) is 24.3. The zero-order valence-corrected chi connectivity index (χ0v) is 20.4. The fourth-order valence-electron chi connectivity index (χ4n) is 3.63. The molecule has 4 N–H and O–H groups in total. The molecule has 0 bridgehead atoms. The van der Waals surface area contributed by atoms with Gasteiger partial charge in [0.15, 0.2) is 5.43 Å². The first-order valence-corrected chi connectivity index (χ1v) is 11.8. The van der Waals surface area contributed by atoms with Crippen LogP contribution >= 0.6 is 0 Å². The van der Waals surface area contributed by atoms with E-state index in [1.807, 2.05) is 13.0 Å². The highest BCUT2D eigenvalue weighted by molar-refractivity contribution is 6.05. The normalized spacial score (nSPS) is 13.7. The third-order valence-corrected chi connectivity index (χ3v) is 5.51. The average Bonchev–Trinajstić information content (AvgIpc) is 2.79. The standard InChI is InChI=1S/C18H28N4O.C8H10O2/c1-3-4-5-6-9-14-12-15(23)13(2)17(21-14)18(19)22-16-10-7-8-11-20-16;1-6-3-7(9)5-8(4-6)10-2/h12H,3-11H2,1-2H3,(H,21,23)(H2,19,20,22);3-5,9H,1-2H3. The predicted octanol–water partition coefficient (Wildman–Crippen LogP) is 4.80. The largest absolute Gasteiger partial charge is 0.508 e. The number of hydrogen-bond acceptors (Lipinski definition) is 5. The number of unbranched alkanes of at least 4 members (excludes halogenated alkanes) is 3. The van der Waals surface area contributed by atoms with Gasteiger partial charge in [0.05, 0.1) is 12.8 Å². The Balaban J connectivity index is 0.000000321. The van der Waals surface area contributed by atoms with Crippen LogP contribution in [0.4, 0.5) is 0 Å². The molecule has 1 aliphatic rings. The lowest BCUT2D eigenvalue weighted by atomic mass is 10.1.